The summed E-state index contributed by atoms with van der Waals surface area (Å²) in [5, 5.41) is 2.63. The maximum absolute atomic E-state index is 12.3. The first-order valence-electron chi connectivity index (χ1n) is 8.93. The highest BCUT2D eigenvalue weighted by Crippen LogP contribution is 2.37. The highest BCUT2D eigenvalue weighted by atomic mass is 79.9. The van der Waals surface area contributed by atoms with Crippen LogP contribution in [0.4, 0.5) is 5.69 Å². The molecule has 1 aliphatic carbocycles. The Morgan fingerprint density at radius 1 is 1.19 bits per heavy atom. The van der Waals surface area contributed by atoms with Crippen LogP contribution in [0.5, 0.6) is 0 Å². The topological polar surface area (TPSA) is 92.8 Å². The van der Waals surface area contributed by atoms with Crippen LogP contribution in [0.3, 0.4) is 0 Å². The maximum atomic E-state index is 12.3. The minimum atomic E-state index is -0.770. The predicted molar refractivity (Wildman–Crippen MR) is 101 cm³/mol. The number of likely N-dealkylation sites (tertiary alicyclic amines) is 1. The molecule has 1 aromatic carbocycles. The van der Waals surface area contributed by atoms with Gasteiger partial charge in [-0.15, -0.1) is 0 Å². The van der Waals surface area contributed by atoms with Crippen LogP contribution in [-0.2, 0) is 23.9 Å². The number of fused-ring (bicyclic) bond motifs is 1. The third kappa shape index (κ3) is 4.37. The first-order chi connectivity index (χ1) is 12.9. The molecule has 3 rings (SSSR count). The van der Waals surface area contributed by atoms with Gasteiger partial charge in [-0.1, -0.05) is 18.9 Å². The van der Waals surface area contributed by atoms with Gasteiger partial charge in [0.1, 0.15) is 6.54 Å². The molecule has 27 heavy (non-hydrogen) atoms. The van der Waals surface area contributed by atoms with E-state index in [0.29, 0.717) is 18.5 Å². The zero-order valence-electron chi connectivity index (χ0n) is 15.0. The molecule has 2 aliphatic rings. The summed E-state index contributed by atoms with van der Waals surface area (Å²) in [6.07, 6.45) is 3.23. The Balaban J connectivity index is 1.50. The first kappa shape index (κ1) is 19.5. The van der Waals surface area contributed by atoms with Gasteiger partial charge in [-0.3, -0.25) is 24.1 Å². The zero-order chi connectivity index (χ0) is 19.6. The molecule has 1 N–H and O–H groups in total. The summed E-state index contributed by atoms with van der Waals surface area (Å²) in [6, 6.07) is 5.44. The van der Waals surface area contributed by atoms with E-state index in [2.05, 4.69) is 21.2 Å². The van der Waals surface area contributed by atoms with Crippen molar-refractivity contribution < 1.29 is 23.9 Å². The molecule has 0 unspecified atom stereocenters. The predicted octanol–water partition coefficient (Wildman–Crippen LogP) is 2.41. The Morgan fingerprint density at radius 2 is 1.81 bits per heavy atom. The Hall–Kier alpha value is -2.22. The molecule has 2 atom stereocenters. The largest absolute Gasteiger partial charge is 0.454 e. The van der Waals surface area contributed by atoms with Crippen molar-refractivity contribution >= 4 is 45.3 Å². The molecule has 0 aromatic heterocycles. The van der Waals surface area contributed by atoms with Gasteiger partial charge in [-0.25, -0.2) is 0 Å². The quantitative estimate of drug-likeness (QED) is 0.564. The van der Waals surface area contributed by atoms with Gasteiger partial charge in [0.05, 0.1) is 17.5 Å². The number of ether oxygens (including phenoxy) is 1. The number of nitrogens with one attached hydrogen (secondary N) is 1. The number of benzene rings is 1. The number of anilines is 1. The van der Waals surface area contributed by atoms with Crippen LogP contribution in [0.1, 0.15) is 31.2 Å². The number of nitrogens with zero attached hydrogens (tertiary/aromatic N) is 1. The van der Waals surface area contributed by atoms with Crippen LogP contribution in [0.15, 0.2) is 22.7 Å². The monoisotopic (exact) mass is 436 g/mol. The van der Waals surface area contributed by atoms with Crippen LogP contribution in [0.2, 0.25) is 0 Å². The highest BCUT2D eigenvalue weighted by Gasteiger charge is 2.48. The number of esters is 1. The Labute approximate surface area is 165 Å². The molecule has 7 nitrogen and oxygen atoms in total. The summed E-state index contributed by atoms with van der Waals surface area (Å²) in [4.78, 5) is 49.6. The summed E-state index contributed by atoms with van der Waals surface area (Å²) >= 11 is 3.35. The Morgan fingerprint density at radius 3 is 2.41 bits per heavy atom. The van der Waals surface area contributed by atoms with Crippen molar-refractivity contribution in [1.29, 1.82) is 0 Å². The van der Waals surface area contributed by atoms with Crippen LogP contribution in [0, 0.1) is 18.8 Å². The van der Waals surface area contributed by atoms with Gasteiger partial charge in [0.15, 0.2) is 6.61 Å². The summed E-state index contributed by atoms with van der Waals surface area (Å²) in [5.74, 6) is -2.47. The molecule has 3 amide bonds. The van der Waals surface area contributed by atoms with E-state index in [1.54, 1.807) is 6.07 Å². The minimum Gasteiger partial charge on any atom is -0.454 e. The maximum Gasteiger partial charge on any atom is 0.326 e. The molecule has 1 aliphatic heterocycles. The van der Waals surface area contributed by atoms with E-state index in [4.69, 9.17) is 4.74 Å². The van der Waals surface area contributed by atoms with Gasteiger partial charge in [-0.2, -0.15) is 0 Å². The van der Waals surface area contributed by atoms with Crippen molar-refractivity contribution in [3.05, 3.63) is 28.2 Å². The second kappa shape index (κ2) is 8.21. The van der Waals surface area contributed by atoms with Gasteiger partial charge >= 0.3 is 5.97 Å². The molecular formula is C19H21BrN2O5. The summed E-state index contributed by atoms with van der Waals surface area (Å²) in [7, 11) is 0. The average Bonchev–Trinajstić information content (AvgIpc) is 2.88. The van der Waals surface area contributed by atoms with Gasteiger partial charge in [-0.05, 0) is 53.4 Å². The third-order valence-electron chi connectivity index (χ3n) is 4.98. The highest BCUT2D eigenvalue weighted by molar-refractivity contribution is 9.10. The molecule has 8 heteroatoms. The second-order valence-corrected chi connectivity index (χ2v) is 7.81. The summed E-state index contributed by atoms with van der Waals surface area (Å²) < 4.78 is 5.66. The van der Waals surface area contributed by atoms with Crippen molar-refractivity contribution in [3.8, 4) is 0 Å². The third-order valence-corrected chi connectivity index (χ3v) is 5.64. The zero-order valence-corrected chi connectivity index (χ0v) is 16.6. The van der Waals surface area contributed by atoms with Crippen molar-refractivity contribution in [3.63, 3.8) is 0 Å². The number of aryl methyl sites for hydroxylation is 1. The molecule has 1 aromatic rings. The summed E-state index contributed by atoms with van der Waals surface area (Å²) in [6.45, 7) is 1.00. The van der Waals surface area contributed by atoms with Gasteiger partial charge < -0.3 is 10.1 Å². The lowest BCUT2D eigenvalue weighted by Gasteiger charge is -2.19. The SMILES string of the molecule is Cc1ccc(NC(=O)COC(=O)CN2C(=O)[C@H]3CCCC[C@H]3C2=O)c(Br)c1. The lowest BCUT2D eigenvalue weighted by atomic mass is 9.81. The summed E-state index contributed by atoms with van der Waals surface area (Å²) in [5.41, 5.74) is 1.60. The fourth-order valence-corrected chi connectivity index (χ4v) is 4.21. The Bertz CT molecular complexity index is 770. The fourth-order valence-electron chi connectivity index (χ4n) is 3.62. The first-order valence-corrected chi connectivity index (χ1v) is 9.73. The number of hydrogen-bond acceptors (Lipinski definition) is 5. The molecule has 1 heterocycles. The smallest absolute Gasteiger partial charge is 0.326 e. The number of carbonyl (C=O) groups is 4. The van der Waals surface area contributed by atoms with Crippen LogP contribution >= 0.6 is 15.9 Å². The van der Waals surface area contributed by atoms with Crippen LogP contribution in [0.25, 0.3) is 0 Å². The van der Waals surface area contributed by atoms with E-state index in [1.807, 2.05) is 19.1 Å². The van der Waals surface area contributed by atoms with Crippen LogP contribution in [-0.4, -0.2) is 41.7 Å². The average molecular weight is 437 g/mol. The van der Waals surface area contributed by atoms with Gasteiger partial charge in [0.2, 0.25) is 11.8 Å². The molecule has 144 valence electrons. The number of halogens is 1. The second-order valence-electron chi connectivity index (χ2n) is 6.95. The standard InChI is InChI=1S/C19H21BrN2O5/c1-11-6-7-15(14(20)8-11)21-16(23)10-27-17(24)9-22-18(25)12-4-2-3-5-13(12)19(22)26/h6-8,12-13H,2-5,9-10H2,1H3,(H,21,23)/t12-,13+. The van der Waals surface area contributed by atoms with E-state index < -0.39 is 25.0 Å². The van der Waals surface area contributed by atoms with Crippen molar-refractivity contribution in [2.75, 3.05) is 18.5 Å². The molecule has 2 fully saturated rings. The molecular weight excluding hydrogens is 416 g/mol. The molecule has 0 spiro atoms. The van der Waals surface area contributed by atoms with Crippen LogP contribution < -0.4 is 5.32 Å². The van der Waals surface area contributed by atoms with E-state index in [9.17, 15) is 19.2 Å². The Kier molecular flexibility index (Phi) is 5.94. The van der Waals surface area contributed by atoms with E-state index in [1.165, 1.54) is 0 Å². The molecule has 0 radical (unpaired) electrons. The van der Waals surface area contributed by atoms with Gasteiger partial charge in [0, 0.05) is 4.47 Å². The molecule has 1 saturated heterocycles. The van der Waals surface area contributed by atoms with Crippen molar-refractivity contribution in [2.24, 2.45) is 11.8 Å². The normalized spacial score (nSPS) is 21.8. The number of rotatable bonds is 5. The van der Waals surface area contributed by atoms with E-state index >= 15 is 0 Å². The number of carbonyl (C=O) groups excluding carboxylic acids is 4. The van der Waals surface area contributed by atoms with E-state index in [-0.39, 0.29) is 23.7 Å². The molecule has 1 saturated carbocycles. The number of amides is 3. The minimum absolute atomic E-state index is 0.297. The number of imide groups is 1. The lowest BCUT2D eigenvalue weighted by Crippen LogP contribution is -2.37. The molecule has 0 bridgehead atoms. The fraction of sp³-hybridized carbons (Fsp3) is 0.474. The lowest BCUT2D eigenvalue weighted by molar-refractivity contribution is -0.154. The van der Waals surface area contributed by atoms with Gasteiger partial charge in [0.25, 0.3) is 5.91 Å². The van der Waals surface area contributed by atoms with E-state index in [0.717, 1.165) is 27.8 Å². The van der Waals surface area contributed by atoms with Crippen molar-refractivity contribution in [2.45, 2.75) is 32.6 Å². The number of hydrogen-bond donors (Lipinski definition) is 1. The van der Waals surface area contributed by atoms with Crippen molar-refractivity contribution in [1.82, 2.24) is 4.90 Å².